The maximum Gasteiger partial charge on any atom is 0.323 e. The molecule has 6 heteroatoms. The molecule has 0 unspecified atom stereocenters. The first-order valence-corrected chi connectivity index (χ1v) is 15.6. The van der Waals surface area contributed by atoms with E-state index in [1.807, 2.05) is 42.5 Å². The number of benzene rings is 2. The summed E-state index contributed by atoms with van der Waals surface area (Å²) in [5.41, 5.74) is 3.86. The molecule has 208 valence electrons. The maximum absolute atomic E-state index is 12.9. The Labute approximate surface area is 234 Å². The van der Waals surface area contributed by atoms with Gasteiger partial charge < -0.3 is 20.3 Å². The van der Waals surface area contributed by atoms with Crippen molar-refractivity contribution in [1.82, 2.24) is 4.90 Å². The molecule has 0 saturated heterocycles. The molecule has 1 heterocycles. The van der Waals surface area contributed by atoms with Gasteiger partial charge in [-0.1, -0.05) is 108 Å². The Hall–Kier alpha value is -2.60. The van der Waals surface area contributed by atoms with Crippen LogP contribution in [0, 0.1) is 0 Å². The molecule has 0 fully saturated rings. The summed E-state index contributed by atoms with van der Waals surface area (Å²) in [6.45, 7) is 5.83. The predicted octanol–water partition coefficient (Wildman–Crippen LogP) is 9.78. The van der Waals surface area contributed by atoms with E-state index in [1.165, 1.54) is 76.3 Å². The molecule has 2 aromatic carbocycles. The zero-order valence-corrected chi connectivity index (χ0v) is 24.3. The minimum atomic E-state index is -0.262. The molecule has 1 aliphatic heterocycles. The zero-order chi connectivity index (χ0) is 26.8. The second kappa shape index (κ2) is 17.8. The van der Waals surface area contributed by atoms with E-state index in [2.05, 4.69) is 40.9 Å². The van der Waals surface area contributed by atoms with Crippen LogP contribution in [0.2, 0.25) is 0 Å². The van der Waals surface area contributed by atoms with Crippen LogP contribution in [-0.2, 0) is 6.54 Å². The zero-order valence-electron chi connectivity index (χ0n) is 23.5. The maximum atomic E-state index is 12.9. The van der Waals surface area contributed by atoms with Gasteiger partial charge in [-0.15, -0.1) is 11.8 Å². The number of allylic oxidation sites excluding steroid dienone is 1. The second-order valence-corrected chi connectivity index (χ2v) is 11.1. The van der Waals surface area contributed by atoms with Crippen molar-refractivity contribution in [1.29, 1.82) is 0 Å². The summed E-state index contributed by atoms with van der Waals surface area (Å²) in [7, 11) is 0. The van der Waals surface area contributed by atoms with Crippen LogP contribution in [0.25, 0.3) is 0 Å². The van der Waals surface area contributed by atoms with Crippen molar-refractivity contribution in [2.75, 3.05) is 23.1 Å². The fourth-order valence-electron chi connectivity index (χ4n) is 4.68. The number of carbonyl (C=O) groups excluding carboxylic acids is 1. The van der Waals surface area contributed by atoms with Crippen LogP contribution in [0.15, 0.2) is 59.6 Å². The van der Waals surface area contributed by atoms with E-state index in [0.29, 0.717) is 18.0 Å². The summed E-state index contributed by atoms with van der Waals surface area (Å²) in [6.07, 6.45) is 15.9. The van der Waals surface area contributed by atoms with Crippen molar-refractivity contribution >= 4 is 29.2 Å². The topological polar surface area (TPSA) is 53.6 Å². The largest absolute Gasteiger partial charge is 0.491 e. The number of rotatable bonds is 18. The van der Waals surface area contributed by atoms with Crippen LogP contribution in [0.1, 0.15) is 96.5 Å². The van der Waals surface area contributed by atoms with Crippen molar-refractivity contribution in [2.45, 2.75) is 97.4 Å². The number of para-hydroxylation sites is 3. The van der Waals surface area contributed by atoms with Crippen LogP contribution in [-0.4, -0.2) is 23.4 Å². The number of urea groups is 1. The summed E-state index contributed by atoms with van der Waals surface area (Å²) in [5.74, 6) is 1.66. The molecule has 0 radical (unpaired) electrons. The standard InChI is InChI=1S/C32H47N3O2S/c1-3-4-5-6-7-8-9-10-11-12-13-18-23-37-31-22-17-16-21-30(31)34-32(36)33-29-20-15-14-19-28(29)24-35-26-38-25-27(35)2/h14-17,19-22,25H,3-13,18,23-24,26H2,1-2H3,(H2,33,34,36). The summed E-state index contributed by atoms with van der Waals surface area (Å²) < 4.78 is 6.05. The Morgan fingerprint density at radius 3 is 2.05 bits per heavy atom. The molecule has 38 heavy (non-hydrogen) atoms. The molecule has 5 nitrogen and oxygen atoms in total. The fourth-order valence-corrected chi connectivity index (χ4v) is 5.62. The first kappa shape index (κ1) is 29.9. The van der Waals surface area contributed by atoms with Crippen molar-refractivity contribution < 1.29 is 9.53 Å². The smallest absolute Gasteiger partial charge is 0.323 e. The van der Waals surface area contributed by atoms with Crippen LogP contribution < -0.4 is 15.4 Å². The number of nitrogens with zero attached hydrogens (tertiary/aromatic N) is 1. The minimum absolute atomic E-state index is 0.262. The Bertz CT molecular complexity index is 994. The van der Waals surface area contributed by atoms with Crippen LogP contribution in [0.3, 0.4) is 0 Å². The Morgan fingerprint density at radius 2 is 1.39 bits per heavy atom. The lowest BCUT2D eigenvalue weighted by Crippen LogP contribution is -2.22. The average Bonchev–Trinajstić information content (AvgIpc) is 3.33. The van der Waals surface area contributed by atoms with E-state index >= 15 is 0 Å². The van der Waals surface area contributed by atoms with Gasteiger partial charge in [0, 0.05) is 17.9 Å². The van der Waals surface area contributed by atoms with E-state index in [0.717, 1.165) is 30.1 Å². The highest BCUT2D eigenvalue weighted by Crippen LogP contribution is 2.28. The van der Waals surface area contributed by atoms with Gasteiger partial charge in [0.2, 0.25) is 0 Å². The number of amides is 2. The van der Waals surface area contributed by atoms with Crippen LogP contribution in [0.5, 0.6) is 5.75 Å². The molecule has 2 amide bonds. The van der Waals surface area contributed by atoms with Crippen molar-refractivity contribution in [3.63, 3.8) is 0 Å². The molecule has 0 aromatic heterocycles. The highest BCUT2D eigenvalue weighted by atomic mass is 32.2. The Balaban J connectivity index is 1.35. The molecule has 2 aromatic rings. The molecular formula is C32H47N3O2S. The molecular weight excluding hydrogens is 490 g/mol. The molecule has 0 atom stereocenters. The third-order valence-corrected chi connectivity index (χ3v) is 7.97. The van der Waals surface area contributed by atoms with E-state index in [1.54, 1.807) is 11.8 Å². The van der Waals surface area contributed by atoms with E-state index in [-0.39, 0.29) is 6.03 Å². The number of hydrogen-bond donors (Lipinski definition) is 2. The van der Waals surface area contributed by atoms with E-state index in [9.17, 15) is 4.79 Å². The lowest BCUT2D eigenvalue weighted by atomic mass is 10.1. The first-order chi connectivity index (χ1) is 18.7. The van der Waals surface area contributed by atoms with Crippen LogP contribution >= 0.6 is 11.8 Å². The number of carbonyl (C=O) groups is 1. The number of unbranched alkanes of at least 4 members (excludes halogenated alkanes) is 11. The average molecular weight is 538 g/mol. The molecule has 0 spiro atoms. The monoisotopic (exact) mass is 537 g/mol. The third-order valence-electron chi connectivity index (χ3n) is 7.00. The summed E-state index contributed by atoms with van der Waals surface area (Å²) >= 11 is 1.80. The first-order valence-electron chi connectivity index (χ1n) is 14.6. The van der Waals surface area contributed by atoms with Gasteiger partial charge in [-0.05, 0) is 42.5 Å². The fraction of sp³-hybridized carbons (Fsp3) is 0.531. The van der Waals surface area contributed by atoms with Gasteiger partial charge in [0.25, 0.3) is 0 Å². The van der Waals surface area contributed by atoms with Gasteiger partial charge in [-0.3, -0.25) is 0 Å². The van der Waals surface area contributed by atoms with Gasteiger partial charge >= 0.3 is 6.03 Å². The van der Waals surface area contributed by atoms with Gasteiger partial charge in [0.1, 0.15) is 5.75 Å². The number of thioether (sulfide) groups is 1. The van der Waals surface area contributed by atoms with Gasteiger partial charge in [0.15, 0.2) is 0 Å². The second-order valence-electron chi connectivity index (χ2n) is 10.2. The highest BCUT2D eigenvalue weighted by molar-refractivity contribution is 8.02. The minimum Gasteiger partial charge on any atom is -0.491 e. The summed E-state index contributed by atoms with van der Waals surface area (Å²) in [5, 5.41) is 8.19. The number of ether oxygens (including phenoxy) is 1. The van der Waals surface area contributed by atoms with Gasteiger partial charge in [-0.2, -0.15) is 0 Å². The molecule has 1 aliphatic rings. The van der Waals surface area contributed by atoms with E-state index < -0.39 is 0 Å². The van der Waals surface area contributed by atoms with Crippen LogP contribution in [0.4, 0.5) is 16.2 Å². The van der Waals surface area contributed by atoms with Crippen molar-refractivity contribution in [3.05, 3.63) is 65.2 Å². The SMILES string of the molecule is CCCCCCCCCCCCCCOc1ccccc1NC(=O)Nc1ccccc1CN1CSC=C1C. The van der Waals surface area contributed by atoms with E-state index in [4.69, 9.17) is 4.74 Å². The third kappa shape index (κ3) is 11.0. The lowest BCUT2D eigenvalue weighted by Gasteiger charge is -2.21. The Morgan fingerprint density at radius 1 is 0.816 bits per heavy atom. The highest BCUT2D eigenvalue weighted by Gasteiger charge is 2.15. The lowest BCUT2D eigenvalue weighted by molar-refractivity contribution is 0.261. The van der Waals surface area contributed by atoms with Gasteiger partial charge in [-0.25, -0.2) is 4.79 Å². The van der Waals surface area contributed by atoms with Crippen molar-refractivity contribution in [2.24, 2.45) is 0 Å². The number of hydrogen-bond acceptors (Lipinski definition) is 4. The molecule has 0 aliphatic carbocycles. The summed E-state index contributed by atoms with van der Waals surface area (Å²) in [6, 6.07) is 15.4. The van der Waals surface area contributed by atoms with Crippen molar-refractivity contribution in [3.8, 4) is 5.75 Å². The van der Waals surface area contributed by atoms with Gasteiger partial charge in [0.05, 0.1) is 18.2 Å². The Kier molecular flexibility index (Phi) is 14.0. The number of anilines is 2. The quantitative estimate of drug-likeness (QED) is 0.186. The molecule has 0 saturated carbocycles. The molecule has 2 N–H and O–H groups in total. The predicted molar refractivity (Wildman–Crippen MR) is 164 cm³/mol. The molecule has 0 bridgehead atoms. The number of nitrogens with one attached hydrogen (secondary N) is 2. The summed E-state index contributed by atoms with van der Waals surface area (Å²) in [4.78, 5) is 15.2. The molecule has 3 rings (SSSR count). The normalized spacial score (nSPS) is 12.9.